The van der Waals surface area contributed by atoms with Crippen molar-refractivity contribution in [1.29, 1.82) is 0 Å². The van der Waals surface area contributed by atoms with Crippen LogP contribution in [0, 0.1) is 26.6 Å². The summed E-state index contributed by atoms with van der Waals surface area (Å²) in [5.41, 5.74) is 3.81. The van der Waals surface area contributed by atoms with E-state index in [-0.39, 0.29) is 34.8 Å². The van der Waals surface area contributed by atoms with Crippen LogP contribution in [0.4, 0.5) is 17.6 Å². The molecule has 4 nitrogen and oxygen atoms in total. The number of fused-ring (bicyclic) bond motifs is 1. The molecule has 0 saturated carbocycles. The van der Waals surface area contributed by atoms with E-state index in [1.54, 1.807) is 43.3 Å². The number of ether oxygens (including phenoxy) is 1. The maximum Gasteiger partial charge on any atom is 0.417 e. The number of halogens is 4. The smallest absolute Gasteiger partial charge is 0.417 e. The molecule has 188 valence electrons. The second-order valence-corrected chi connectivity index (χ2v) is 8.96. The van der Waals surface area contributed by atoms with Crippen molar-refractivity contribution in [3.05, 3.63) is 107 Å². The van der Waals surface area contributed by atoms with Crippen LogP contribution in [0.25, 0.3) is 28.0 Å². The fourth-order valence-electron chi connectivity index (χ4n) is 4.17. The van der Waals surface area contributed by atoms with Crippen LogP contribution in [0.2, 0.25) is 0 Å². The fraction of sp³-hybridized carbons (Fsp3) is 0.172. The Bertz CT molecular complexity index is 1590. The summed E-state index contributed by atoms with van der Waals surface area (Å²) in [6.45, 7) is 5.70. The van der Waals surface area contributed by atoms with E-state index < -0.39 is 11.7 Å². The lowest BCUT2D eigenvalue weighted by Crippen LogP contribution is -2.08. The van der Waals surface area contributed by atoms with Gasteiger partial charge in [-0.25, -0.2) is 14.1 Å². The van der Waals surface area contributed by atoms with E-state index in [9.17, 15) is 17.6 Å². The Balaban J connectivity index is 1.54. The molecule has 0 unspecified atom stereocenters. The van der Waals surface area contributed by atoms with Gasteiger partial charge in [-0.3, -0.25) is 0 Å². The van der Waals surface area contributed by atoms with Crippen LogP contribution in [-0.4, -0.2) is 14.8 Å². The molecule has 0 atom stereocenters. The first-order valence-corrected chi connectivity index (χ1v) is 11.6. The minimum Gasteiger partial charge on any atom is -0.489 e. The quantitative estimate of drug-likeness (QED) is 0.229. The molecule has 0 bridgehead atoms. The van der Waals surface area contributed by atoms with Crippen molar-refractivity contribution in [2.24, 2.45) is 0 Å². The molecule has 5 rings (SSSR count). The zero-order valence-corrected chi connectivity index (χ0v) is 20.4. The monoisotopic (exact) mass is 505 g/mol. The highest BCUT2D eigenvalue weighted by molar-refractivity contribution is 5.87. The van der Waals surface area contributed by atoms with Crippen LogP contribution in [-0.2, 0) is 12.8 Å². The lowest BCUT2D eigenvalue weighted by molar-refractivity contribution is -0.136. The van der Waals surface area contributed by atoms with E-state index in [0.717, 1.165) is 22.8 Å². The van der Waals surface area contributed by atoms with E-state index in [0.29, 0.717) is 17.0 Å². The molecule has 0 aliphatic heterocycles. The van der Waals surface area contributed by atoms with E-state index >= 15 is 0 Å². The van der Waals surface area contributed by atoms with E-state index in [4.69, 9.17) is 4.74 Å². The minimum atomic E-state index is -4.59. The number of hydrogen-bond acceptors (Lipinski definition) is 3. The van der Waals surface area contributed by atoms with E-state index in [2.05, 4.69) is 10.1 Å². The molecule has 0 spiro atoms. The molecule has 3 aromatic carbocycles. The topological polar surface area (TPSA) is 39.9 Å². The Kier molecular flexibility index (Phi) is 6.19. The average molecular weight is 506 g/mol. The number of benzene rings is 3. The highest BCUT2D eigenvalue weighted by Crippen LogP contribution is 2.39. The summed E-state index contributed by atoms with van der Waals surface area (Å²) >= 11 is 0. The molecule has 5 aromatic rings. The average Bonchev–Trinajstić information content (AvgIpc) is 3.21. The summed E-state index contributed by atoms with van der Waals surface area (Å²) in [5, 5.41) is 4.40. The van der Waals surface area contributed by atoms with Gasteiger partial charge in [0.05, 0.1) is 28.0 Å². The van der Waals surface area contributed by atoms with Crippen LogP contribution in [0.15, 0.2) is 72.8 Å². The zero-order valence-electron chi connectivity index (χ0n) is 20.4. The first kappa shape index (κ1) is 24.5. The fourth-order valence-corrected chi connectivity index (χ4v) is 4.17. The van der Waals surface area contributed by atoms with Gasteiger partial charge in [0.25, 0.3) is 0 Å². The molecular formula is C29H23F4N3O. The molecule has 0 saturated heterocycles. The van der Waals surface area contributed by atoms with E-state index in [1.807, 2.05) is 32.0 Å². The standard InChI is InChI=1S/C29H23F4N3O/c1-17-4-11-23(14-18(17)2)36-28-27(19(3)35-36)25(29(31,32)33)15-26(34-28)21-7-12-24(13-8-21)37-16-20-5-9-22(30)10-6-20/h4-15H,16H2,1-3H3. The Labute approximate surface area is 211 Å². The molecule has 0 N–H and O–H groups in total. The summed E-state index contributed by atoms with van der Waals surface area (Å²) in [6, 6.07) is 19.3. The summed E-state index contributed by atoms with van der Waals surface area (Å²) in [6.07, 6.45) is -4.59. The SMILES string of the molecule is Cc1ccc(-n2nc(C)c3c(C(F)(F)F)cc(-c4ccc(OCc5ccc(F)cc5)cc4)nc32)cc1C. The number of hydrogen-bond donors (Lipinski definition) is 0. The van der Waals surface area contributed by atoms with Gasteiger partial charge in [0, 0.05) is 5.56 Å². The molecule has 0 aliphatic rings. The van der Waals surface area contributed by atoms with Crippen LogP contribution in [0.3, 0.4) is 0 Å². The Morgan fingerprint density at radius 2 is 1.54 bits per heavy atom. The minimum absolute atomic E-state index is 0.0197. The van der Waals surface area contributed by atoms with E-state index in [1.165, 1.54) is 16.8 Å². The molecule has 37 heavy (non-hydrogen) atoms. The molecular weight excluding hydrogens is 482 g/mol. The van der Waals surface area contributed by atoms with Crippen molar-refractivity contribution in [2.75, 3.05) is 0 Å². The van der Waals surface area contributed by atoms with Gasteiger partial charge < -0.3 is 4.74 Å². The number of aromatic nitrogens is 3. The Morgan fingerprint density at radius 3 is 2.19 bits per heavy atom. The lowest BCUT2D eigenvalue weighted by atomic mass is 10.0. The van der Waals surface area contributed by atoms with Crippen LogP contribution in [0.5, 0.6) is 5.75 Å². The van der Waals surface area contributed by atoms with Crippen molar-refractivity contribution in [1.82, 2.24) is 14.8 Å². The van der Waals surface area contributed by atoms with Crippen molar-refractivity contribution in [3.8, 4) is 22.7 Å². The number of aryl methyl sites for hydroxylation is 3. The number of pyridine rings is 1. The van der Waals surface area contributed by atoms with Gasteiger partial charge >= 0.3 is 6.18 Å². The molecule has 0 aliphatic carbocycles. The molecule has 2 heterocycles. The van der Waals surface area contributed by atoms with Gasteiger partial charge in [0.15, 0.2) is 5.65 Å². The van der Waals surface area contributed by atoms with Crippen molar-refractivity contribution in [2.45, 2.75) is 33.6 Å². The number of rotatable bonds is 5. The van der Waals surface area contributed by atoms with Gasteiger partial charge in [-0.2, -0.15) is 18.3 Å². The second-order valence-electron chi connectivity index (χ2n) is 8.96. The molecule has 8 heteroatoms. The van der Waals surface area contributed by atoms with Crippen LogP contribution < -0.4 is 4.74 Å². The van der Waals surface area contributed by atoms with Crippen molar-refractivity contribution in [3.63, 3.8) is 0 Å². The van der Waals surface area contributed by atoms with Gasteiger partial charge in [-0.1, -0.05) is 18.2 Å². The number of alkyl halides is 3. The van der Waals surface area contributed by atoms with Crippen LogP contribution in [0.1, 0.15) is 27.9 Å². The lowest BCUT2D eigenvalue weighted by Gasteiger charge is -2.13. The maximum absolute atomic E-state index is 14.2. The maximum atomic E-state index is 14.2. The third-order valence-corrected chi connectivity index (χ3v) is 6.32. The highest BCUT2D eigenvalue weighted by atomic mass is 19.4. The second kappa shape index (κ2) is 9.35. The van der Waals surface area contributed by atoms with Gasteiger partial charge in [-0.05, 0) is 92.1 Å². The summed E-state index contributed by atoms with van der Waals surface area (Å²) in [5.74, 6) is 0.200. The third-order valence-electron chi connectivity index (χ3n) is 6.32. The summed E-state index contributed by atoms with van der Waals surface area (Å²) in [7, 11) is 0. The zero-order chi connectivity index (χ0) is 26.3. The Morgan fingerprint density at radius 1 is 0.838 bits per heavy atom. The largest absolute Gasteiger partial charge is 0.489 e. The number of nitrogens with zero attached hydrogens (tertiary/aromatic N) is 3. The van der Waals surface area contributed by atoms with Gasteiger partial charge in [-0.15, -0.1) is 0 Å². The molecule has 0 amide bonds. The highest BCUT2D eigenvalue weighted by Gasteiger charge is 2.36. The van der Waals surface area contributed by atoms with Crippen LogP contribution >= 0.6 is 0 Å². The first-order chi connectivity index (χ1) is 17.6. The summed E-state index contributed by atoms with van der Waals surface area (Å²) < 4.78 is 62.8. The summed E-state index contributed by atoms with van der Waals surface area (Å²) in [4.78, 5) is 4.62. The third kappa shape index (κ3) is 4.91. The first-order valence-electron chi connectivity index (χ1n) is 11.6. The molecule has 2 aromatic heterocycles. The van der Waals surface area contributed by atoms with Crippen molar-refractivity contribution < 1.29 is 22.3 Å². The van der Waals surface area contributed by atoms with Gasteiger partial charge in [0.1, 0.15) is 18.2 Å². The van der Waals surface area contributed by atoms with Gasteiger partial charge in [0.2, 0.25) is 0 Å². The molecule has 0 radical (unpaired) electrons. The predicted molar refractivity (Wildman–Crippen MR) is 134 cm³/mol. The Hall–Kier alpha value is -4.20. The molecule has 0 fully saturated rings. The normalized spacial score (nSPS) is 11.8. The predicted octanol–water partition coefficient (Wildman–Crippen LogP) is 7.75. The van der Waals surface area contributed by atoms with Crippen molar-refractivity contribution >= 4 is 11.0 Å².